The van der Waals surface area contributed by atoms with E-state index in [1.54, 1.807) is 0 Å². The molecule has 0 spiro atoms. The predicted molar refractivity (Wildman–Crippen MR) is 64.8 cm³/mol. The van der Waals surface area contributed by atoms with E-state index in [0.29, 0.717) is 13.0 Å². The second-order valence-corrected chi connectivity index (χ2v) is 5.72. The van der Waals surface area contributed by atoms with Crippen molar-refractivity contribution in [3.8, 4) is 0 Å². The standard InChI is InChI=1S/C11H17FN2O2S/c1-14(2)9-5-8-13-17(15,16)11-7-4-3-6-10(11)12/h3-4,6-7,13H,5,8-9H2,1-2H3. The first-order chi connectivity index (χ1) is 7.93. The molecule has 0 unspecified atom stereocenters. The minimum absolute atomic E-state index is 0.300. The van der Waals surface area contributed by atoms with Gasteiger partial charge in [0.15, 0.2) is 0 Å². The molecule has 0 atom stereocenters. The van der Waals surface area contributed by atoms with Crippen LogP contribution in [0.15, 0.2) is 29.2 Å². The van der Waals surface area contributed by atoms with Crippen LogP contribution < -0.4 is 4.72 Å². The van der Waals surface area contributed by atoms with E-state index >= 15 is 0 Å². The zero-order valence-electron chi connectivity index (χ0n) is 9.98. The fourth-order valence-electron chi connectivity index (χ4n) is 1.34. The molecular formula is C11H17FN2O2S. The largest absolute Gasteiger partial charge is 0.309 e. The lowest BCUT2D eigenvalue weighted by atomic mass is 10.4. The quantitative estimate of drug-likeness (QED) is 0.778. The Kier molecular flexibility index (Phi) is 5.04. The molecule has 0 heterocycles. The highest BCUT2D eigenvalue weighted by atomic mass is 32.2. The van der Waals surface area contributed by atoms with Crippen LogP contribution in [0.2, 0.25) is 0 Å². The average Bonchev–Trinajstić information content (AvgIpc) is 2.24. The van der Waals surface area contributed by atoms with Crippen molar-refractivity contribution in [1.82, 2.24) is 9.62 Å². The Morgan fingerprint density at radius 1 is 1.29 bits per heavy atom. The number of hydrogen-bond donors (Lipinski definition) is 1. The first kappa shape index (κ1) is 14.1. The molecule has 0 aliphatic heterocycles. The second kappa shape index (κ2) is 6.09. The Balaban J connectivity index is 2.61. The summed E-state index contributed by atoms with van der Waals surface area (Å²) in [6, 6.07) is 5.34. The molecule has 0 aliphatic rings. The van der Waals surface area contributed by atoms with Crippen molar-refractivity contribution in [3.05, 3.63) is 30.1 Å². The van der Waals surface area contributed by atoms with E-state index < -0.39 is 15.8 Å². The summed E-state index contributed by atoms with van der Waals surface area (Å²) in [6.07, 6.45) is 0.681. The lowest BCUT2D eigenvalue weighted by Crippen LogP contribution is -2.27. The van der Waals surface area contributed by atoms with E-state index in [1.165, 1.54) is 18.2 Å². The van der Waals surface area contributed by atoms with Crippen molar-refractivity contribution in [1.29, 1.82) is 0 Å². The molecule has 1 rings (SSSR count). The van der Waals surface area contributed by atoms with Crippen LogP contribution in [0.4, 0.5) is 4.39 Å². The highest BCUT2D eigenvalue weighted by Gasteiger charge is 2.17. The number of nitrogens with zero attached hydrogens (tertiary/aromatic N) is 1. The van der Waals surface area contributed by atoms with Gasteiger partial charge in [0, 0.05) is 6.54 Å². The van der Waals surface area contributed by atoms with Gasteiger partial charge in [-0.3, -0.25) is 0 Å². The number of halogens is 1. The summed E-state index contributed by atoms with van der Waals surface area (Å²) >= 11 is 0. The molecule has 1 aromatic rings. The topological polar surface area (TPSA) is 49.4 Å². The minimum atomic E-state index is -3.73. The molecule has 0 saturated heterocycles. The van der Waals surface area contributed by atoms with E-state index in [-0.39, 0.29) is 4.90 Å². The van der Waals surface area contributed by atoms with Gasteiger partial charge < -0.3 is 4.90 Å². The molecule has 1 N–H and O–H groups in total. The maximum absolute atomic E-state index is 13.3. The molecule has 0 aromatic heterocycles. The van der Waals surface area contributed by atoms with Crippen LogP contribution in [-0.4, -0.2) is 40.5 Å². The molecule has 0 aliphatic carbocycles. The molecule has 0 fully saturated rings. The first-order valence-electron chi connectivity index (χ1n) is 5.32. The molecule has 0 amide bonds. The van der Waals surface area contributed by atoms with Crippen molar-refractivity contribution in [2.45, 2.75) is 11.3 Å². The summed E-state index contributed by atoms with van der Waals surface area (Å²) in [5, 5.41) is 0. The third-order valence-electron chi connectivity index (χ3n) is 2.20. The van der Waals surface area contributed by atoms with Gasteiger partial charge in [0.25, 0.3) is 0 Å². The minimum Gasteiger partial charge on any atom is -0.309 e. The van der Waals surface area contributed by atoms with Gasteiger partial charge in [-0.1, -0.05) is 12.1 Å². The zero-order valence-corrected chi connectivity index (χ0v) is 10.8. The van der Waals surface area contributed by atoms with Gasteiger partial charge in [-0.25, -0.2) is 17.5 Å². The van der Waals surface area contributed by atoms with Crippen molar-refractivity contribution in [2.24, 2.45) is 0 Å². The van der Waals surface area contributed by atoms with Crippen LogP contribution in [0.5, 0.6) is 0 Å². The second-order valence-electron chi connectivity index (χ2n) is 3.99. The summed E-state index contributed by atoms with van der Waals surface area (Å²) in [5.41, 5.74) is 0. The van der Waals surface area contributed by atoms with E-state index in [1.807, 2.05) is 19.0 Å². The Hall–Kier alpha value is -0.980. The molecule has 4 nitrogen and oxygen atoms in total. The van der Waals surface area contributed by atoms with Gasteiger partial charge in [0.05, 0.1) is 0 Å². The van der Waals surface area contributed by atoms with Crippen molar-refractivity contribution in [3.63, 3.8) is 0 Å². The highest BCUT2D eigenvalue weighted by molar-refractivity contribution is 7.89. The average molecular weight is 260 g/mol. The summed E-state index contributed by atoms with van der Waals surface area (Å²) in [7, 11) is 0.0838. The Morgan fingerprint density at radius 3 is 2.53 bits per heavy atom. The molecule has 1 aromatic carbocycles. The summed E-state index contributed by atoms with van der Waals surface area (Å²) in [4.78, 5) is 1.65. The van der Waals surface area contributed by atoms with Gasteiger partial charge in [0.2, 0.25) is 10.0 Å². The predicted octanol–water partition coefficient (Wildman–Crippen LogP) is 1.06. The smallest absolute Gasteiger partial charge is 0.243 e. The molecule has 0 saturated carbocycles. The van der Waals surface area contributed by atoms with Crippen LogP contribution in [-0.2, 0) is 10.0 Å². The van der Waals surface area contributed by atoms with Crippen molar-refractivity contribution in [2.75, 3.05) is 27.2 Å². The lowest BCUT2D eigenvalue weighted by molar-refractivity contribution is 0.400. The summed E-state index contributed by atoms with van der Waals surface area (Å²) < 4.78 is 39.1. The molecule has 96 valence electrons. The number of benzene rings is 1. The van der Waals surface area contributed by atoms with Gasteiger partial charge in [-0.2, -0.15) is 0 Å². The molecule has 17 heavy (non-hydrogen) atoms. The van der Waals surface area contributed by atoms with Gasteiger partial charge in [-0.05, 0) is 39.2 Å². The SMILES string of the molecule is CN(C)CCCNS(=O)(=O)c1ccccc1F. The van der Waals surface area contributed by atoms with Gasteiger partial charge in [0.1, 0.15) is 10.7 Å². The van der Waals surface area contributed by atoms with E-state index in [4.69, 9.17) is 0 Å². The molecule has 0 radical (unpaired) electrons. The molecule has 6 heteroatoms. The van der Waals surface area contributed by atoms with Crippen LogP contribution in [0.1, 0.15) is 6.42 Å². The Labute approximate surface area is 101 Å². The van der Waals surface area contributed by atoms with Crippen LogP contribution in [0.25, 0.3) is 0 Å². The van der Waals surface area contributed by atoms with Crippen LogP contribution in [0, 0.1) is 5.82 Å². The number of nitrogens with one attached hydrogen (secondary N) is 1. The molecule has 0 bridgehead atoms. The van der Waals surface area contributed by atoms with Crippen LogP contribution in [0.3, 0.4) is 0 Å². The first-order valence-corrected chi connectivity index (χ1v) is 6.81. The zero-order chi connectivity index (χ0) is 12.9. The third kappa shape index (κ3) is 4.41. The van der Waals surface area contributed by atoms with Gasteiger partial charge >= 0.3 is 0 Å². The van der Waals surface area contributed by atoms with Crippen molar-refractivity contribution >= 4 is 10.0 Å². The van der Waals surface area contributed by atoms with E-state index in [2.05, 4.69) is 4.72 Å². The Bertz CT molecular complexity index is 460. The Morgan fingerprint density at radius 2 is 1.94 bits per heavy atom. The normalized spacial score (nSPS) is 12.0. The maximum atomic E-state index is 13.3. The van der Waals surface area contributed by atoms with Crippen LogP contribution >= 0.6 is 0 Å². The van der Waals surface area contributed by atoms with E-state index in [0.717, 1.165) is 12.6 Å². The third-order valence-corrected chi connectivity index (χ3v) is 3.69. The fraction of sp³-hybridized carbons (Fsp3) is 0.455. The highest BCUT2D eigenvalue weighted by Crippen LogP contribution is 2.12. The molecular weight excluding hydrogens is 243 g/mol. The maximum Gasteiger partial charge on any atom is 0.243 e. The summed E-state index contributed by atoms with van der Waals surface area (Å²) in [5.74, 6) is -0.729. The number of hydrogen-bond acceptors (Lipinski definition) is 3. The summed E-state index contributed by atoms with van der Waals surface area (Å²) in [6.45, 7) is 1.08. The van der Waals surface area contributed by atoms with Crippen molar-refractivity contribution < 1.29 is 12.8 Å². The number of sulfonamides is 1. The lowest BCUT2D eigenvalue weighted by Gasteiger charge is -2.10. The van der Waals surface area contributed by atoms with Gasteiger partial charge in [-0.15, -0.1) is 0 Å². The van der Waals surface area contributed by atoms with E-state index in [9.17, 15) is 12.8 Å². The monoisotopic (exact) mass is 260 g/mol. The number of rotatable bonds is 6. The fourth-order valence-corrected chi connectivity index (χ4v) is 2.49.